The molecule has 1 aliphatic heterocycles. The number of benzene rings is 1. The van der Waals surface area contributed by atoms with E-state index in [1.807, 2.05) is 21.5 Å². The second-order valence-corrected chi connectivity index (χ2v) is 10.3. The maximum absolute atomic E-state index is 11.1. The van der Waals surface area contributed by atoms with Crippen molar-refractivity contribution in [2.75, 3.05) is 26.1 Å². The molecule has 2 atom stereocenters. The number of aromatic hydroxyl groups is 1. The summed E-state index contributed by atoms with van der Waals surface area (Å²) in [6.45, 7) is 4.13. The van der Waals surface area contributed by atoms with Crippen molar-refractivity contribution in [1.82, 2.24) is 19.3 Å². The largest absolute Gasteiger partial charge is 0.508 e. The third-order valence-electron chi connectivity index (χ3n) is 5.71. The highest BCUT2D eigenvalue weighted by Crippen LogP contribution is 2.33. The van der Waals surface area contributed by atoms with Crippen molar-refractivity contribution < 1.29 is 27.2 Å². The van der Waals surface area contributed by atoms with E-state index in [4.69, 9.17) is 18.8 Å². The first-order valence-electron chi connectivity index (χ1n) is 11.6. The number of aromatic nitrogens is 4. The molecule has 186 valence electrons. The van der Waals surface area contributed by atoms with Crippen LogP contribution in [0.2, 0.25) is 0 Å². The number of phenols is 1. The molecule has 3 aromatic rings. The lowest BCUT2D eigenvalue weighted by Crippen LogP contribution is -2.19. The van der Waals surface area contributed by atoms with Crippen LogP contribution in [0, 0.1) is 0 Å². The van der Waals surface area contributed by atoms with Gasteiger partial charge >= 0.3 is 0 Å². The molecule has 34 heavy (non-hydrogen) atoms. The van der Waals surface area contributed by atoms with Gasteiger partial charge in [0.15, 0.2) is 6.23 Å². The van der Waals surface area contributed by atoms with Crippen LogP contribution in [0.1, 0.15) is 45.3 Å². The fourth-order valence-electron chi connectivity index (χ4n) is 4.11. The number of hydrogen-bond acceptors (Lipinski definition) is 8. The highest BCUT2D eigenvalue weighted by atomic mass is 32.2. The molecule has 10 nitrogen and oxygen atoms in total. The van der Waals surface area contributed by atoms with Gasteiger partial charge in [0.05, 0.1) is 24.2 Å². The first-order valence-corrected chi connectivity index (χ1v) is 13.4. The van der Waals surface area contributed by atoms with Gasteiger partial charge in [-0.1, -0.05) is 0 Å². The number of hydrogen-bond donors (Lipinski definition) is 1. The van der Waals surface area contributed by atoms with Crippen LogP contribution in [-0.2, 0) is 30.3 Å². The maximum Gasteiger partial charge on any atom is 0.264 e. The number of fused-ring (bicyclic) bond motifs is 1. The van der Waals surface area contributed by atoms with Gasteiger partial charge in [-0.25, -0.2) is 9.67 Å². The lowest BCUT2D eigenvalue weighted by atomic mass is 10.1. The van der Waals surface area contributed by atoms with E-state index in [0.29, 0.717) is 19.6 Å². The molecule has 1 saturated heterocycles. The van der Waals surface area contributed by atoms with Gasteiger partial charge in [-0.3, -0.25) is 4.18 Å². The summed E-state index contributed by atoms with van der Waals surface area (Å²) in [6.07, 6.45) is 8.60. The average molecular weight is 493 g/mol. The maximum atomic E-state index is 11.1. The first-order chi connectivity index (χ1) is 16.3. The molecule has 0 spiro atoms. The molecule has 1 unspecified atom stereocenters. The lowest BCUT2D eigenvalue weighted by Gasteiger charge is -2.23. The number of ether oxygens (including phenoxy) is 2. The van der Waals surface area contributed by atoms with Gasteiger partial charge in [0.1, 0.15) is 17.1 Å². The molecule has 0 aliphatic carbocycles. The molecule has 1 fully saturated rings. The zero-order chi connectivity index (χ0) is 24.1. The molecule has 0 amide bonds. The number of rotatable bonds is 11. The summed E-state index contributed by atoms with van der Waals surface area (Å²) in [6, 6.07) is 5.26. The number of aryl methyl sites for hydroxylation is 1. The number of phenolic OH excluding ortho intramolecular Hbond substituents is 1. The van der Waals surface area contributed by atoms with Crippen LogP contribution in [0.25, 0.3) is 22.3 Å². The minimum absolute atomic E-state index is 0.112. The van der Waals surface area contributed by atoms with E-state index >= 15 is 0 Å². The number of imidazole rings is 1. The van der Waals surface area contributed by atoms with E-state index in [1.54, 1.807) is 25.4 Å². The standard InChI is InChI=1S/C23H32N4O6S/c1-17(33-34(2,29)30)9-13-31-11-5-10-26-15-20(24-16-26)23-19-14-18(28)7-8-21(19)27(25-23)22-6-3-4-12-32-22/h7-8,14-17,22,28H,3-6,9-13H2,1-2H3/t17-,22?/m1/s1. The normalized spacial score (nSPS) is 17.9. The molecule has 0 bridgehead atoms. The molecule has 0 radical (unpaired) electrons. The first kappa shape index (κ1) is 24.6. The number of nitrogens with zero attached hydrogens (tertiary/aromatic N) is 4. The molecular weight excluding hydrogens is 460 g/mol. The molecule has 11 heteroatoms. The molecule has 3 heterocycles. The summed E-state index contributed by atoms with van der Waals surface area (Å²) < 4.78 is 42.6. The van der Waals surface area contributed by atoms with Crippen molar-refractivity contribution in [3.8, 4) is 17.1 Å². The molecular formula is C23H32N4O6S. The van der Waals surface area contributed by atoms with Gasteiger partial charge in [0, 0.05) is 37.9 Å². The summed E-state index contributed by atoms with van der Waals surface area (Å²) >= 11 is 0. The molecule has 4 rings (SSSR count). The Balaban J connectivity index is 1.35. The van der Waals surface area contributed by atoms with Crippen molar-refractivity contribution in [3.05, 3.63) is 30.7 Å². The van der Waals surface area contributed by atoms with Gasteiger partial charge in [0.25, 0.3) is 10.1 Å². The molecule has 1 N–H and O–H groups in total. The minimum Gasteiger partial charge on any atom is -0.508 e. The second kappa shape index (κ2) is 10.9. The van der Waals surface area contributed by atoms with E-state index in [0.717, 1.165) is 67.4 Å². The Morgan fingerprint density at radius 3 is 2.91 bits per heavy atom. The van der Waals surface area contributed by atoms with E-state index in [2.05, 4.69) is 4.98 Å². The van der Waals surface area contributed by atoms with Gasteiger partial charge in [-0.2, -0.15) is 13.5 Å². The van der Waals surface area contributed by atoms with Gasteiger partial charge in [0.2, 0.25) is 0 Å². The summed E-state index contributed by atoms with van der Waals surface area (Å²) in [5, 5.41) is 15.7. The van der Waals surface area contributed by atoms with Crippen LogP contribution >= 0.6 is 0 Å². The molecule has 0 saturated carbocycles. The lowest BCUT2D eigenvalue weighted by molar-refractivity contribution is -0.0365. The van der Waals surface area contributed by atoms with E-state index in [9.17, 15) is 13.5 Å². The van der Waals surface area contributed by atoms with E-state index in [-0.39, 0.29) is 12.0 Å². The van der Waals surface area contributed by atoms with Crippen LogP contribution in [0.5, 0.6) is 5.75 Å². The van der Waals surface area contributed by atoms with E-state index in [1.165, 1.54) is 0 Å². The Labute approximate surface area is 199 Å². The zero-order valence-corrected chi connectivity index (χ0v) is 20.4. The van der Waals surface area contributed by atoms with Crippen molar-refractivity contribution in [2.45, 2.75) is 57.9 Å². The van der Waals surface area contributed by atoms with Crippen LogP contribution < -0.4 is 0 Å². The smallest absolute Gasteiger partial charge is 0.264 e. The highest BCUT2D eigenvalue weighted by molar-refractivity contribution is 7.86. The second-order valence-electron chi connectivity index (χ2n) is 8.68. The molecule has 1 aromatic carbocycles. The molecule has 2 aromatic heterocycles. The van der Waals surface area contributed by atoms with Crippen LogP contribution in [0.15, 0.2) is 30.7 Å². The fraction of sp³-hybridized carbons (Fsp3) is 0.565. The fourth-order valence-corrected chi connectivity index (χ4v) is 4.80. The Kier molecular flexibility index (Phi) is 7.87. The summed E-state index contributed by atoms with van der Waals surface area (Å²) in [5.74, 6) is 0.186. The van der Waals surface area contributed by atoms with Gasteiger partial charge in [-0.15, -0.1) is 0 Å². The van der Waals surface area contributed by atoms with E-state index < -0.39 is 16.2 Å². The summed E-state index contributed by atoms with van der Waals surface area (Å²) in [5.41, 5.74) is 2.37. The predicted molar refractivity (Wildman–Crippen MR) is 127 cm³/mol. The van der Waals surface area contributed by atoms with Crippen molar-refractivity contribution in [1.29, 1.82) is 0 Å². The topological polar surface area (TPSA) is 118 Å². The third kappa shape index (κ3) is 6.35. The van der Waals surface area contributed by atoms with Gasteiger partial charge < -0.3 is 19.1 Å². The Morgan fingerprint density at radius 2 is 2.15 bits per heavy atom. The van der Waals surface area contributed by atoms with Crippen molar-refractivity contribution in [3.63, 3.8) is 0 Å². The van der Waals surface area contributed by atoms with Crippen LogP contribution in [-0.4, -0.2) is 65.0 Å². The van der Waals surface area contributed by atoms with Crippen molar-refractivity contribution in [2.24, 2.45) is 0 Å². The predicted octanol–water partition coefficient (Wildman–Crippen LogP) is 3.47. The summed E-state index contributed by atoms with van der Waals surface area (Å²) in [7, 11) is -3.44. The average Bonchev–Trinajstić information content (AvgIpc) is 3.40. The molecule has 1 aliphatic rings. The van der Waals surface area contributed by atoms with Crippen molar-refractivity contribution >= 4 is 21.0 Å². The highest BCUT2D eigenvalue weighted by Gasteiger charge is 2.22. The summed E-state index contributed by atoms with van der Waals surface area (Å²) in [4.78, 5) is 4.55. The minimum atomic E-state index is -3.44. The SMILES string of the molecule is C[C@H](CCOCCCn1cnc(-c2nn(C3CCCCO3)c3ccc(O)cc23)c1)OS(C)(=O)=O. The third-order valence-corrected chi connectivity index (χ3v) is 6.38. The Bertz CT molecular complexity index is 1200. The monoisotopic (exact) mass is 492 g/mol. The van der Waals surface area contributed by atoms with Crippen LogP contribution in [0.3, 0.4) is 0 Å². The quantitative estimate of drug-likeness (QED) is 0.319. The zero-order valence-electron chi connectivity index (χ0n) is 19.6. The Hall–Kier alpha value is -2.47. The van der Waals surface area contributed by atoms with Gasteiger partial charge in [-0.05, 0) is 57.2 Å². The van der Waals surface area contributed by atoms with Crippen LogP contribution in [0.4, 0.5) is 0 Å². The Morgan fingerprint density at radius 1 is 1.29 bits per heavy atom.